The molecule has 0 aromatic heterocycles. The monoisotopic (exact) mass is 1590 g/mol. The third-order valence-electron chi connectivity index (χ3n) is 8.24. The molecule has 504 valence electrons. The third kappa shape index (κ3) is 44.7. The summed E-state index contributed by atoms with van der Waals surface area (Å²) >= 11 is 52.7. The summed E-state index contributed by atoms with van der Waals surface area (Å²) < 4.78 is 95.3. The molecule has 6 unspecified atom stereocenters. The molecule has 84 heavy (non-hydrogen) atoms. The predicted octanol–water partition coefficient (Wildman–Crippen LogP) is 20.5. The average Bonchev–Trinajstić information content (AvgIpc) is 3.52. The first-order chi connectivity index (χ1) is 38.4. The Morgan fingerprint density at radius 1 is 0.286 bits per heavy atom. The van der Waals surface area contributed by atoms with E-state index in [4.69, 9.17) is 151 Å². The van der Waals surface area contributed by atoms with E-state index in [1.54, 1.807) is 6.92 Å². The minimum atomic E-state index is -3.24. The summed E-state index contributed by atoms with van der Waals surface area (Å²) in [6.07, 6.45) is -3.66. The van der Waals surface area contributed by atoms with Crippen LogP contribution in [0.25, 0.3) is 0 Å². The van der Waals surface area contributed by atoms with E-state index < -0.39 is 76.5 Å². The highest BCUT2D eigenvalue weighted by molar-refractivity contribution is 8.70. The van der Waals surface area contributed by atoms with Crippen LogP contribution in [0.2, 0.25) is 0 Å². The summed E-state index contributed by atoms with van der Waals surface area (Å²) in [4.78, 5) is 12.6. The maximum atomic E-state index is 12.6. The second-order valence-electron chi connectivity index (χ2n) is 21.0. The molecule has 0 spiro atoms. The van der Waals surface area contributed by atoms with E-state index in [0.717, 1.165) is 0 Å². The van der Waals surface area contributed by atoms with Gasteiger partial charge >= 0.3 is 5.97 Å². The maximum Gasteiger partial charge on any atom is 0.306 e. The van der Waals surface area contributed by atoms with Gasteiger partial charge in [0.25, 0.3) is 0 Å². The van der Waals surface area contributed by atoms with Crippen molar-refractivity contribution in [2.45, 2.75) is 251 Å². The van der Waals surface area contributed by atoms with Crippen molar-refractivity contribution in [1.82, 2.24) is 0 Å². The highest BCUT2D eigenvalue weighted by Gasteiger charge is 2.36. The van der Waals surface area contributed by atoms with Crippen LogP contribution in [0.5, 0.6) is 0 Å². The van der Waals surface area contributed by atoms with E-state index in [1.807, 2.05) is 152 Å². The number of carbonyl (C=O) groups is 1. The predicted molar refractivity (Wildman–Crippen MR) is 402 cm³/mol. The van der Waals surface area contributed by atoms with E-state index in [-0.39, 0.29) is 67.8 Å². The summed E-state index contributed by atoms with van der Waals surface area (Å²) in [5, 5.41) is 0. The van der Waals surface area contributed by atoms with Crippen LogP contribution in [0, 0.1) is 0 Å². The standard InChI is InChI=1S/C47H101O16P7S14/c1-24-49-47(48)25-26-78-68(75,58-41(18)31-83-69(76,60-43(20)27-79-64(71,50-33(2)3)51-34(4)5)61-44(21)28-80-65(72,52-35(6)7)53-36(8)9)59-42(19)32-84-70(77,62-45(22)29-81-66(73,54-37(10)11)55-38(12)13)63-46(23)30-82-67(74,56-39(14)15)57-40(16)17/h33-46H,24-32H2,1-23H3. The van der Waals surface area contributed by atoms with Crippen LogP contribution in [-0.4, -0.2) is 138 Å². The topological polar surface area (TPSA) is 156 Å². The zero-order valence-corrected chi connectivity index (χ0v) is 71.0. The number of rotatable bonds is 51. The Hall–Kier alpha value is 5.91. The van der Waals surface area contributed by atoms with E-state index in [0.29, 0.717) is 40.3 Å². The maximum absolute atomic E-state index is 12.6. The Balaban J connectivity index is 7.03. The SMILES string of the molecule is CCOC(=O)CCSP(=S)(OC(C)CSP(=S)(OC(C)CSP(=S)(OC(C)C)OC(C)C)OC(C)CSP(=S)(OC(C)C)OC(C)C)OC(C)CSP(=S)(OC(C)CSP(=S)(OC(C)C)OC(C)C)OC(C)CSP(=S)(OC(C)C)OC(C)C. The molecular formula is C47H101O16P7S14. The van der Waals surface area contributed by atoms with Crippen LogP contribution in [-0.2, 0) is 156 Å². The van der Waals surface area contributed by atoms with Crippen LogP contribution in [0.3, 0.4) is 0 Å². The van der Waals surface area contributed by atoms with Crippen LogP contribution in [0.4, 0.5) is 0 Å². The van der Waals surface area contributed by atoms with Crippen molar-refractivity contribution in [3.05, 3.63) is 0 Å². The molecule has 0 aromatic rings. The minimum Gasteiger partial charge on any atom is -0.466 e. The normalized spacial score (nSPS) is 17.8. The van der Waals surface area contributed by atoms with Crippen molar-refractivity contribution in [3.63, 3.8) is 0 Å². The fourth-order valence-corrected chi connectivity index (χ4v) is 46.2. The molecule has 16 nitrogen and oxygen atoms in total. The van der Waals surface area contributed by atoms with Crippen LogP contribution >= 0.6 is 120 Å². The van der Waals surface area contributed by atoms with Gasteiger partial charge in [0.2, 0.25) is 39.9 Å². The van der Waals surface area contributed by atoms with E-state index >= 15 is 0 Å². The fraction of sp³-hybridized carbons (Fsp3) is 0.979. The fourth-order valence-electron chi connectivity index (χ4n) is 5.82. The number of carbonyl (C=O) groups excluding carboxylic acids is 1. The van der Waals surface area contributed by atoms with Gasteiger partial charge in [-0.25, -0.2) is 0 Å². The molecule has 0 aliphatic heterocycles. The lowest BCUT2D eigenvalue weighted by Gasteiger charge is -2.33. The minimum absolute atomic E-state index is 0.103. The summed E-state index contributed by atoms with van der Waals surface area (Å²) in [5.41, 5.74) is -20.5. The summed E-state index contributed by atoms with van der Waals surface area (Å²) in [7, 11) is 0. The van der Waals surface area contributed by atoms with E-state index in [9.17, 15) is 4.79 Å². The highest BCUT2D eigenvalue weighted by atomic mass is 32.9. The molecule has 6 atom stereocenters. The summed E-state index contributed by atoms with van der Waals surface area (Å²) in [6.45, 7) is 44.6. The van der Waals surface area contributed by atoms with Crippen molar-refractivity contribution in [1.29, 1.82) is 0 Å². The van der Waals surface area contributed by atoms with Crippen LogP contribution < -0.4 is 0 Å². The van der Waals surface area contributed by atoms with Crippen molar-refractivity contribution >= 4 is 208 Å². The zero-order chi connectivity index (χ0) is 65.1. The van der Waals surface area contributed by atoms with E-state index in [1.165, 1.54) is 79.7 Å². The first-order valence-corrected chi connectivity index (χ1v) is 57.4. The molecule has 0 N–H and O–H groups in total. The molecule has 37 heteroatoms. The molecule has 0 saturated carbocycles. The molecule has 0 amide bonds. The Bertz CT molecular complexity index is 1930. The Morgan fingerprint density at radius 2 is 0.440 bits per heavy atom. The Labute approximate surface area is 573 Å². The smallest absolute Gasteiger partial charge is 0.306 e. The Kier molecular flexibility index (Phi) is 47.9. The van der Waals surface area contributed by atoms with Gasteiger partial charge in [-0.1, -0.05) is 79.7 Å². The van der Waals surface area contributed by atoms with Crippen molar-refractivity contribution < 1.29 is 72.9 Å². The van der Waals surface area contributed by atoms with Gasteiger partial charge in [0, 0.05) is 40.3 Å². The molecule has 0 aromatic carbocycles. The third-order valence-corrected chi connectivity index (χ3v) is 47.4. The van der Waals surface area contributed by atoms with Gasteiger partial charge in [-0.05, 0) is 242 Å². The van der Waals surface area contributed by atoms with Crippen LogP contribution in [0.1, 0.15) is 166 Å². The molecule has 0 heterocycles. The molecule has 0 aliphatic carbocycles. The number of ether oxygens (including phenoxy) is 1. The molecule has 0 radical (unpaired) electrons. The Morgan fingerprint density at radius 3 is 0.595 bits per heavy atom. The van der Waals surface area contributed by atoms with E-state index in [2.05, 4.69) is 0 Å². The van der Waals surface area contributed by atoms with Gasteiger partial charge in [-0.2, -0.15) is 0 Å². The average molecular weight is 1590 g/mol. The summed E-state index contributed by atoms with van der Waals surface area (Å²) in [6, 6.07) is 0. The molecule has 0 saturated heterocycles. The quantitative estimate of drug-likeness (QED) is 0.0418. The van der Waals surface area contributed by atoms with Gasteiger partial charge < -0.3 is 68.1 Å². The van der Waals surface area contributed by atoms with Gasteiger partial charge in [0.05, 0.1) is 98.5 Å². The van der Waals surface area contributed by atoms with Crippen molar-refractivity contribution in [3.8, 4) is 0 Å². The molecule has 0 aliphatic rings. The number of esters is 1. The largest absolute Gasteiger partial charge is 0.466 e. The second-order valence-corrected chi connectivity index (χ2v) is 64.9. The number of hydrogen-bond acceptors (Lipinski definition) is 30. The lowest BCUT2D eigenvalue weighted by Crippen LogP contribution is -2.18. The first-order valence-electron chi connectivity index (χ1n) is 27.8. The van der Waals surface area contributed by atoms with Gasteiger partial charge in [-0.15, -0.1) is 0 Å². The van der Waals surface area contributed by atoms with Crippen molar-refractivity contribution in [2.75, 3.05) is 46.9 Å². The van der Waals surface area contributed by atoms with Gasteiger partial charge in [0.15, 0.2) is 0 Å². The summed E-state index contributed by atoms with van der Waals surface area (Å²) in [5.74, 6) is 2.34. The molecule has 0 rings (SSSR count). The van der Waals surface area contributed by atoms with Gasteiger partial charge in [-0.3, -0.25) is 4.79 Å². The first kappa shape index (κ1) is 89.9. The zero-order valence-electron chi connectivity index (χ0n) is 53.3. The lowest BCUT2D eigenvalue weighted by molar-refractivity contribution is -0.142. The highest BCUT2D eigenvalue weighted by Crippen LogP contribution is 2.71. The van der Waals surface area contributed by atoms with Crippen molar-refractivity contribution in [2.24, 2.45) is 0 Å². The number of hydrogen-bond donors (Lipinski definition) is 0. The molecular weight excluding hydrogens is 1490 g/mol. The van der Waals surface area contributed by atoms with Crippen LogP contribution in [0.15, 0.2) is 0 Å². The molecule has 0 bridgehead atoms. The van der Waals surface area contributed by atoms with Gasteiger partial charge in [0.1, 0.15) is 0 Å². The molecule has 0 fully saturated rings. The lowest BCUT2D eigenvalue weighted by atomic mass is 10.5. The second kappa shape index (κ2) is 44.8.